The van der Waals surface area contributed by atoms with Gasteiger partial charge < -0.3 is 10.2 Å². The molecule has 0 fully saturated rings. The molecule has 0 saturated carbocycles. The molecule has 3 aromatic rings. The third-order valence-electron chi connectivity index (χ3n) is 5.66. The average molecular weight is 651 g/mol. The number of anilines is 1. The van der Waals surface area contributed by atoms with Crippen molar-refractivity contribution in [2.45, 2.75) is 25.9 Å². The molecule has 0 aliphatic heterocycles. The van der Waals surface area contributed by atoms with Crippen LogP contribution in [0.2, 0.25) is 0 Å². The molecule has 0 radical (unpaired) electrons. The minimum Gasteiger partial charge on any atom is -0.355 e. The minimum absolute atomic E-state index is 0.136. The van der Waals surface area contributed by atoms with Crippen LogP contribution >= 0.6 is 31.9 Å². The predicted octanol–water partition coefficient (Wildman–Crippen LogP) is 4.75. The van der Waals surface area contributed by atoms with E-state index in [4.69, 9.17) is 0 Å². The van der Waals surface area contributed by atoms with Crippen LogP contribution in [0.5, 0.6) is 0 Å². The molecule has 196 valence electrons. The monoisotopic (exact) mass is 649 g/mol. The number of carbonyl (C=O) groups excluding carboxylic acids is 2. The van der Waals surface area contributed by atoms with Gasteiger partial charge in [-0.2, -0.15) is 0 Å². The highest BCUT2D eigenvalue weighted by Crippen LogP contribution is 2.23. The largest absolute Gasteiger partial charge is 0.355 e. The van der Waals surface area contributed by atoms with Gasteiger partial charge in [-0.1, -0.05) is 80.4 Å². The molecular formula is C27H29Br2N3O4S. The Labute approximate surface area is 235 Å². The molecule has 2 amide bonds. The van der Waals surface area contributed by atoms with Crippen molar-refractivity contribution in [1.82, 2.24) is 10.2 Å². The first-order valence-corrected chi connectivity index (χ1v) is 15.1. The SMILES string of the molecule is CCNC(=O)C(Cc1ccccc1)N(Cc1ccc(Br)cc1)C(=O)CN(c1cccc(Br)c1)S(C)(=O)=O. The Morgan fingerprint density at radius 1 is 0.892 bits per heavy atom. The Morgan fingerprint density at radius 2 is 1.57 bits per heavy atom. The normalized spacial score (nSPS) is 12.0. The van der Waals surface area contributed by atoms with Gasteiger partial charge in [0, 0.05) is 28.5 Å². The molecule has 3 aromatic carbocycles. The van der Waals surface area contributed by atoms with Gasteiger partial charge in [0.1, 0.15) is 12.6 Å². The number of rotatable bonds is 11. The number of sulfonamides is 1. The number of hydrogen-bond donors (Lipinski definition) is 1. The van der Waals surface area contributed by atoms with Gasteiger partial charge in [-0.25, -0.2) is 8.42 Å². The Hall–Kier alpha value is -2.69. The van der Waals surface area contributed by atoms with Crippen LogP contribution in [0.15, 0.2) is 87.8 Å². The minimum atomic E-state index is -3.80. The Morgan fingerprint density at radius 3 is 2.16 bits per heavy atom. The molecule has 0 aromatic heterocycles. The van der Waals surface area contributed by atoms with Crippen molar-refractivity contribution in [3.8, 4) is 0 Å². The van der Waals surface area contributed by atoms with Crippen LogP contribution < -0.4 is 9.62 Å². The Kier molecular flexibility index (Phi) is 10.3. The number of amides is 2. The van der Waals surface area contributed by atoms with E-state index in [1.165, 1.54) is 4.90 Å². The maximum absolute atomic E-state index is 13.9. The van der Waals surface area contributed by atoms with E-state index in [0.29, 0.717) is 16.7 Å². The molecule has 0 aliphatic carbocycles. The average Bonchev–Trinajstić information content (AvgIpc) is 2.85. The van der Waals surface area contributed by atoms with Crippen LogP contribution in [-0.4, -0.2) is 50.5 Å². The number of nitrogens with zero attached hydrogens (tertiary/aromatic N) is 2. The third kappa shape index (κ3) is 8.41. The summed E-state index contributed by atoms with van der Waals surface area (Å²) >= 11 is 6.79. The van der Waals surface area contributed by atoms with Gasteiger partial charge in [0.15, 0.2) is 0 Å². The lowest BCUT2D eigenvalue weighted by Gasteiger charge is -2.33. The fourth-order valence-corrected chi connectivity index (χ4v) is 5.37. The Balaban J connectivity index is 2.03. The summed E-state index contributed by atoms with van der Waals surface area (Å²) in [5.41, 5.74) is 2.05. The van der Waals surface area contributed by atoms with Crippen molar-refractivity contribution in [3.63, 3.8) is 0 Å². The van der Waals surface area contributed by atoms with Crippen molar-refractivity contribution in [1.29, 1.82) is 0 Å². The molecule has 1 N–H and O–H groups in total. The summed E-state index contributed by atoms with van der Waals surface area (Å²) in [5, 5.41) is 2.84. The van der Waals surface area contributed by atoms with Crippen molar-refractivity contribution >= 4 is 59.4 Å². The van der Waals surface area contributed by atoms with Crippen LogP contribution in [0, 0.1) is 0 Å². The van der Waals surface area contributed by atoms with E-state index in [1.54, 1.807) is 24.3 Å². The zero-order chi connectivity index (χ0) is 27.0. The maximum atomic E-state index is 13.9. The molecule has 3 rings (SSSR count). The van der Waals surface area contributed by atoms with Gasteiger partial charge >= 0.3 is 0 Å². The fourth-order valence-electron chi connectivity index (χ4n) is 3.88. The topological polar surface area (TPSA) is 86.8 Å². The van der Waals surface area contributed by atoms with Gasteiger partial charge in [0.2, 0.25) is 21.8 Å². The van der Waals surface area contributed by atoms with Gasteiger partial charge in [-0.3, -0.25) is 13.9 Å². The van der Waals surface area contributed by atoms with Gasteiger partial charge in [0.05, 0.1) is 11.9 Å². The fraction of sp³-hybridized carbons (Fsp3) is 0.259. The molecule has 0 heterocycles. The van der Waals surface area contributed by atoms with E-state index in [9.17, 15) is 18.0 Å². The Bertz CT molecular complexity index is 1320. The third-order valence-corrected chi connectivity index (χ3v) is 7.83. The molecule has 1 unspecified atom stereocenters. The predicted molar refractivity (Wildman–Crippen MR) is 154 cm³/mol. The van der Waals surface area contributed by atoms with E-state index >= 15 is 0 Å². The quantitative estimate of drug-likeness (QED) is 0.325. The number of halogens is 2. The van der Waals surface area contributed by atoms with Crippen LogP contribution in [0.25, 0.3) is 0 Å². The molecule has 1 atom stereocenters. The van der Waals surface area contributed by atoms with Crippen molar-refractivity contribution < 1.29 is 18.0 Å². The highest BCUT2D eigenvalue weighted by atomic mass is 79.9. The zero-order valence-corrected chi connectivity index (χ0v) is 24.6. The van der Waals surface area contributed by atoms with Crippen LogP contribution in [0.1, 0.15) is 18.1 Å². The first-order valence-electron chi connectivity index (χ1n) is 11.7. The second-order valence-corrected chi connectivity index (χ2v) is 12.2. The summed E-state index contributed by atoms with van der Waals surface area (Å²) in [6.45, 7) is 1.91. The number of likely N-dealkylation sites (N-methyl/N-ethyl adjacent to an activating group) is 1. The van der Waals surface area contributed by atoms with Gasteiger partial charge in [0.25, 0.3) is 0 Å². The van der Waals surface area contributed by atoms with E-state index in [1.807, 2.05) is 61.5 Å². The lowest BCUT2D eigenvalue weighted by molar-refractivity contribution is -0.140. The molecule has 37 heavy (non-hydrogen) atoms. The molecule has 10 heteroatoms. The highest BCUT2D eigenvalue weighted by Gasteiger charge is 2.32. The first kappa shape index (κ1) is 28.9. The molecular weight excluding hydrogens is 622 g/mol. The standard InChI is InChI=1S/C27H29Br2N3O4S/c1-3-30-27(34)25(16-20-8-5-4-6-9-20)31(18-21-12-14-22(28)15-13-21)26(33)19-32(37(2,35)36)24-11-7-10-23(29)17-24/h4-15,17,25H,3,16,18-19H2,1-2H3,(H,30,34). The molecule has 0 spiro atoms. The van der Waals surface area contributed by atoms with E-state index < -0.39 is 28.5 Å². The highest BCUT2D eigenvalue weighted by molar-refractivity contribution is 9.10. The summed E-state index contributed by atoms with van der Waals surface area (Å²) in [6, 6.07) is 22.8. The van der Waals surface area contributed by atoms with Gasteiger partial charge in [-0.05, 0) is 48.4 Å². The molecule has 0 aliphatic rings. The molecule has 0 bridgehead atoms. The van der Waals surface area contributed by atoms with Crippen LogP contribution in [0.4, 0.5) is 5.69 Å². The van der Waals surface area contributed by atoms with E-state index in [-0.39, 0.29) is 18.9 Å². The van der Waals surface area contributed by atoms with Crippen molar-refractivity contribution in [3.05, 3.63) is 98.9 Å². The first-order chi connectivity index (χ1) is 17.6. The molecule has 0 saturated heterocycles. The van der Waals surface area contributed by atoms with Crippen molar-refractivity contribution in [2.75, 3.05) is 23.7 Å². The second-order valence-electron chi connectivity index (χ2n) is 8.50. The van der Waals surface area contributed by atoms with Crippen LogP contribution in [-0.2, 0) is 32.6 Å². The van der Waals surface area contributed by atoms with Crippen LogP contribution in [0.3, 0.4) is 0 Å². The lowest BCUT2D eigenvalue weighted by atomic mass is 10.0. The van der Waals surface area contributed by atoms with E-state index in [2.05, 4.69) is 37.2 Å². The number of carbonyl (C=O) groups is 2. The van der Waals surface area contributed by atoms with Crippen molar-refractivity contribution in [2.24, 2.45) is 0 Å². The smallest absolute Gasteiger partial charge is 0.244 e. The summed E-state index contributed by atoms with van der Waals surface area (Å²) < 4.78 is 28.1. The number of nitrogens with one attached hydrogen (secondary N) is 1. The summed E-state index contributed by atoms with van der Waals surface area (Å²) in [5.74, 6) is -0.786. The number of hydrogen-bond acceptors (Lipinski definition) is 4. The second kappa shape index (κ2) is 13.2. The summed E-state index contributed by atoms with van der Waals surface area (Å²) in [6.07, 6.45) is 1.34. The van der Waals surface area contributed by atoms with Gasteiger partial charge in [-0.15, -0.1) is 0 Å². The van der Waals surface area contributed by atoms with E-state index in [0.717, 1.165) is 26.2 Å². The lowest BCUT2D eigenvalue weighted by Crippen LogP contribution is -2.53. The number of benzene rings is 3. The maximum Gasteiger partial charge on any atom is 0.244 e. The molecule has 7 nitrogen and oxygen atoms in total. The summed E-state index contributed by atoms with van der Waals surface area (Å²) in [7, 11) is -3.80. The zero-order valence-electron chi connectivity index (χ0n) is 20.6. The summed E-state index contributed by atoms with van der Waals surface area (Å²) in [4.78, 5) is 28.6.